The summed E-state index contributed by atoms with van der Waals surface area (Å²) in [5, 5.41) is 17.4. The minimum atomic E-state index is -0.456. The SMILES string of the molecule is CN[C@@H](Cc1cccc(CC2CCCCC2)c1)[C@H](O)CNCc1cccc(OC)c1. The largest absolute Gasteiger partial charge is 0.497 e. The molecule has 0 aromatic heterocycles. The van der Waals surface area contributed by atoms with Gasteiger partial charge in [0.1, 0.15) is 5.75 Å². The van der Waals surface area contributed by atoms with Crippen molar-refractivity contribution in [1.29, 1.82) is 0 Å². The third-order valence-electron chi connectivity index (χ3n) is 6.35. The van der Waals surface area contributed by atoms with Crippen LogP contribution in [0.1, 0.15) is 48.8 Å². The van der Waals surface area contributed by atoms with E-state index in [1.807, 2.05) is 25.2 Å². The molecule has 0 saturated heterocycles. The number of ether oxygens (including phenoxy) is 1. The van der Waals surface area contributed by atoms with Crippen LogP contribution in [0.3, 0.4) is 0 Å². The van der Waals surface area contributed by atoms with E-state index in [2.05, 4.69) is 41.0 Å². The van der Waals surface area contributed by atoms with E-state index in [1.54, 1.807) is 7.11 Å². The summed E-state index contributed by atoms with van der Waals surface area (Å²) >= 11 is 0. The Labute approximate surface area is 182 Å². The second-order valence-corrected chi connectivity index (χ2v) is 8.68. The average molecular weight is 411 g/mol. The Balaban J connectivity index is 1.49. The molecule has 0 amide bonds. The van der Waals surface area contributed by atoms with Crippen molar-refractivity contribution >= 4 is 0 Å². The Kier molecular flexibility index (Phi) is 9.19. The van der Waals surface area contributed by atoms with Gasteiger partial charge in [-0.05, 0) is 54.6 Å². The van der Waals surface area contributed by atoms with Crippen molar-refractivity contribution in [2.75, 3.05) is 20.7 Å². The van der Waals surface area contributed by atoms with Crippen LogP contribution in [0.4, 0.5) is 0 Å². The first kappa shape index (κ1) is 22.8. The van der Waals surface area contributed by atoms with Gasteiger partial charge in [-0.3, -0.25) is 0 Å². The molecule has 30 heavy (non-hydrogen) atoms. The van der Waals surface area contributed by atoms with E-state index in [0.29, 0.717) is 13.1 Å². The molecule has 0 unspecified atom stereocenters. The highest BCUT2D eigenvalue weighted by atomic mass is 16.5. The van der Waals surface area contributed by atoms with Gasteiger partial charge in [-0.2, -0.15) is 0 Å². The van der Waals surface area contributed by atoms with Crippen LogP contribution in [0.25, 0.3) is 0 Å². The molecule has 2 aromatic carbocycles. The van der Waals surface area contributed by atoms with Crippen molar-refractivity contribution in [3.63, 3.8) is 0 Å². The number of likely N-dealkylation sites (N-methyl/N-ethyl adjacent to an activating group) is 1. The van der Waals surface area contributed by atoms with Crippen LogP contribution in [0.5, 0.6) is 5.75 Å². The molecular weight excluding hydrogens is 372 g/mol. The zero-order valence-corrected chi connectivity index (χ0v) is 18.6. The Morgan fingerprint density at radius 2 is 1.73 bits per heavy atom. The zero-order chi connectivity index (χ0) is 21.2. The molecule has 4 nitrogen and oxygen atoms in total. The molecule has 0 spiro atoms. The van der Waals surface area contributed by atoms with E-state index in [1.165, 1.54) is 49.7 Å². The Hall–Kier alpha value is -1.88. The summed E-state index contributed by atoms with van der Waals surface area (Å²) < 4.78 is 5.27. The summed E-state index contributed by atoms with van der Waals surface area (Å²) in [6, 6.07) is 17.0. The van der Waals surface area contributed by atoms with E-state index in [-0.39, 0.29) is 6.04 Å². The molecule has 4 heteroatoms. The lowest BCUT2D eigenvalue weighted by atomic mass is 9.84. The number of hydrogen-bond acceptors (Lipinski definition) is 4. The lowest BCUT2D eigenvalue weighted by molar-refractivity contribution is 0.128. The van der Waals surface area contributed by atoms with Gasteiger partial charge >= 0.3 is 0 Å². The van der Waals surface area contributed by atoms with Crippen molar-refractivity contribution in [3.8, 4) is 5.75 Å². The summed E-state index contributed by atoms with van der Waals surface area (Å²) in [5.74, 6) is 1.71. The number of aliphatic hydroxyl groups excluding tert-OH is 1. The van der Waals surface area contributed by atoms with Crippen LogP contribution < -0.4 is 15.4 Å². The highest BCUT2D eigenvalue weighted by Gasteiger charge is 2.18. The lowest BCUT2D eigenvalue weighted by Crippen LogP contribution is -2.44. The fraction of sp³-hybridized carbons (Fsp3) is 0.538. The molecule has 1 aliphatic rings. The normalized spacial score (nSPS) is 16.9. The molecule has 1 fully saturated rings. The summed E-state index contributed by atoms with van der Waals surface area (Å²) in [6.45, 7) is 1.26. The quantitative estimate of drug-likeness (QED) is 0.522. The molecule has 3 rings (SSSR count). The Morgan fingerprint density at radius 1 is 1.00 bits per heavy atom. The van der Waals surface area contributed by atoms with E-state index >= 15 is 0 Å². The van der Waals surface area contributed by atoms with Gasteiger partial charge < -0.3 is 20.5 Å². The van der Waals surface area contributed by atoms with Crippen molar-refractivity contribution in [2.45, 2.75) is 63.6 Å². The number of aliphatic hydroxyl groups is 1. The van der Waals surface area contributed by atoms with E-state index in [9.17, 15) is 5.11 Å². The standard InChI is InChI=1S/C26H38N2O2/c1-27-25(26(29)19-28-18-23-12-7-13-24(16-23)30-2)17-22-11-6-10-21(15-22)14-20-8-4-3-5-9-20/h6-7,10-13,15-16,20,25-29H,3-5,8-9,14,17-19H2,1-2H3/t25-,26+/m0/s1. The van der Waals surface area contributed by atoms with E-state index in [4.69, 9.17) is 4.74 Å². The first-order valence-corrected chi connectivity index (χ1v) is 11.4. The molecule has 2 aromatic rings. The molecular formula is C26H38N2O2. The van der Waals surface area contributed by atoms with Gasteiger partial charge in [-0.25, -0.2) is 0 Å². The number of benzene rings is 2. The van der Waals surface area contributed by atoms with Crippen LogP contribution in [0.2, 0.25) is 0 Å². The van der Waals surface area contributed by atoms with E-state index < -0.39 is 6.10 Å². The predicted octanol–water partition coefficient (Wildman–Crippen LogP) is 4.10. The summed E-state index contributed by atoms with van der Waals surface area (Å²) in [6.07, 6.45) is 8.51. The fourth-order valence-corrected chi connectivity index (χ4v) is 4.58. The molecule has 1 aliphatic carbocycles. The number of hydrogen-bond donors (Lipinski definition) is 3. The highest BCUT2D eigenvalue weighted by molar-refractivity contribution is 5.28. The van der Waals surface area contributed by atoms with Gasteiger partial charge in [0.2, 0.25) is 0 Å². The molecule has 0 heterocycles. The molecule has 1 saturated carbocycles. The molecule has 0 bridgehead atoms. The van der Waals surface area contributed by atoms with Gasteiger partial charge in [-0.1, -0.05) is 68.5 Å². The molecule has 164 valence electrons. The smallest absolute Gasteiger partial charge is 0.119 e. The number of rotatable bonds is 11. The summed E-state index contributed by atoms with van der Waals surface area (Å²) in [4.78, 5) is 0. The maximum Gasteiger partial charge on any atom is 0.119 e. The summed E-state index contributed by atoms with van der Waals surface area (Å²) in [7, 11) is 3.61. The van der Waals surface area contributed by atoms with Crippen LogP contribution in [0, 0.1) is 5.92 Å². The topological polar surface area (TPSA) is 53.5 Å². The van der Waals surface area contributed by atoms with Crippen LogP contribution in [-0.4, -0.2) is 38.0 Å². The van der Waals surface area contributed by atoms with Gasteiger partial charge in [0, 0.05) is 19.1 Å². The minimum Gasteiger partial charge on any atom is -0.497 e. The van der Waals surface area contributed by atoms with Gasteiger partial charge in [0.15, 0.2) is 0 Å². The summed E-state index contributed by atoms with van der Waals surface area (Å²) in [5.41, 5.74) is 3.90. The molecule has 2 atom stereocenters. The number of methoxy groups -OCH3 is 1. The minimum absolute atomic E-state index is 0.0211. The third-order valence-corrected chi connectivity index (χ3v) is 6.35. The first-order chi connectivity index (χ1) is 14.7. The fourth-order valence-electron chi connectivity index (χ4n) is 4.58. The maximum atomic E-state index is 10.7. The first-order valence-electron chi connectivity index (χ1n) is 11.4. The lowest BCUT2D eigenvalue weighted by Gasteiger charge is -2.24. The van der Waals surface area contributed by atoms with Crippen molar-refractivity contribution in [3.05, 3.63) is 65.2 Å². The molecule has 0 aliphatic heterocycles. The van der Waals surface area contributed by atoms with Crippen LogP contribution in [0.15, 0.2) is 48.5 Å². The molecule has 0 radical (unpaired) electrons. The Morgan fingerprint density at radius 3 is 2.50 bits per heavy atom. The van der Waals surface area contributed by atoms with Gasteiger partial charge in [0.05, 0.1) is 13.2 Å². The maximum absolute atomic E-state index is 10.7. The van der Waals surface area contributed by atoms with E-state index in [0.717, 1.165) is 23.7 Å². The van der Waals surface area contributed by atoms with Crippen LogP contribution in [-0.2, 0) is 19.4 Å². The third kappa shape index (κ3) is 7.12. The average Bonchev–Trinajstić information content (AvgIpc) is 2.78. The van der Waals surface area contributed by atoms with Crippen molar-refractivity contribution < 1.29 is 9.84 Å². The molecule has 3 N–H and O–H groups in total. The van der Waals surface area contributed by atoms with Crippen molar-refractivity contribution in [2.24, 2.45) is 5.92 Å². The predicted molar refractivity (Wildman–Crippen MR) is 124 cm³/mol. The zero-order valence-electron chi connectivity index (χ0n) is 18.6. The number of nitrogens with one attached hydrogen (secondary N) is 2. The second-order valence-electron chi connectivity index (χ2n) is 8.68. The Bertz CT molecular complexity index is 758. The van der Waals surface area contributed by atoms with Gasteiger partial charge in [-0.15, -0.1) is 0 Å². The second kappa shape index (κ2) is 12.1. The monoisotopic (exact) mass is 410 g/mol. The highest BCUT2D eigenvalue weighted by Crippen LogP contribution is 2.27. The van der Waals surface area contributed by atoms with Crippen LogP contribution >= 0.6 is 0 Å². The van der Waals surface area contributed by atoms with Crippen molar-refractivity contribution in [1.82, 2.24) is 10.6 Å². The van der Waals surface area contributed by atoms with Gasteiger partial charge in [0.25, 0.3) is 0 Å².